The van der Waals surface area contributed by atoms with Crippen LogP contribution in [-0.2, 0) is 11.3 Å². The minimum Gasteiger partial charge on any atom is -0.479 e. The number of halogens is 3. The molecule has 0 spiro atoms. The van der Waals surface area contributed by atoms with Crippen molar-refractivity contribution >= 4 is 28.4 Å². The summed E-state index contributed by atoms with van der Waals surface area (Å²) in [6.07, 6.45) is 1.73. The number of nitrogens with one attached hydrogen (secondary N) is 1. The fraction of sp³-hybridized carbons (Fsp3) is 0.409. The van der Waals surface area contributed by atoms with Crippen LogP contribution in [0.5, 0.6) is 5.88 Å². The molecular weight excluding hydrogens is 465 g/mol. The average Bonchev–Trinajstić information content (AvgIpc) is 3.44. The number of hydrogen-bond donors (Lipinski definition) is 1. The molecule has 1 atom stereocenters. The van der Waals surface area contributed by atoms with Gasteiger partial charge in [0.15, 0.2) is 0 Å². The van der Waals surface area contributed by atoms with E-state index in [9.17, 15) is 18.0 Å². The van der Waals surface area contributed by atoms with E-state index in [4.69, 9.17) is 4.74 Å². The Balaban J connectivity index is 1.49. The topological polar surface area (TPSA) is 102 Å². The zero-order valence-corrected chi connectivity index (χ0v) is 19.1. The fourth-order valence-corrected chi connectivity index (χ4v) is 4.35. The van der Waals surface area contributed by atoms with E-state index in [0.717, 1.165) is 16.0 Å². The van der Waals surface area contributed by atoms with Gasteiger partial charge in [0.2, 0.25) is 17.7 Å². The summed E-state index contributed by atoms with van der Waals surface area (Å²) >= 11 is 0. The van der Waals surface area contributed by atoms with Crippen LogP contribution in [0.2, 0.25) is 0 Å². The molecule has 0 bridgehead atoms. The summed E-state index contributed by atoms with van der Waals surface area (Å²) in [5.41, 5.74) is 3.38. The van der Waals surface area contributed by atoms with Crippen molar-refractivity contribution in [3.63, 3.8) is 0 Å². The van der Waals surface area contributed by atoms with Gasteiger partial charge in [-0.3, -0.25) is 4.79 Å². The van der Waals surface area contributed by atoms with Crippen LogP contribution in [0.3, 0.4) is 0 Å². The molecule has 1 saturated heterocycles. The van der Waals surface area contributed by atoms with E-state index < -0.39 is 25.2 Å². The summed E-state index contributed by atoms with van der Waals surface area (Å²) in [7, 11) is 1.44. The standard InChI is InChI=1S/C22H23F3N8O2/c1-13(34)31-8-6-18(22(24,25)12-31)26-21-27-20(35-2)19-15(5-9-33(19)29-21)14-3-4-16-17(11-14)32(10-7-23)30-28-16/h3-5,9,11,18H,6-8,10,12H2,1-2H3,(H,26,29)/t18-/m1/s1. The predicted octanol–water partition coefficient (Wildman–Crippen LogP) is 2.79. The highest BCUT2D eigenvalue weighted by Crippen LogP contribution is 2.34. The number of methoxy groups -OCH3 is 1. The number of carbonyl (C=O) groups excluding carboxylic acids is 1. The SMILES string of the molecule is COc1nc(N[C@@H]2CCN(C(C)=O)CC2(F)F)nn2ccc(-c3ccc4nnn(CCF)c4c3)c12. The van der Waals surface area contributed by atoms with Crippen LogP contribution < -0.4 is 10.1 Å². The van der Waals surface area contributed by atoms with Crippen LogP contribution in [0, 0.1) is 0 Å². The molecule has 1 aromatic carbocycles. The molecule has 1 aliphatic heterocycles. The summed E-state index contributed by atoms with van der Waals surface area (Å²) in [5, 5.41) is 15.1. The highest BCUT2D eigenvalue weighted by atomic mass is 19.3. The fourth-order valence-electron chi connectivity index (χ4n) is 4.35. The van der Waals surface area contributed by atoms with Crippen LogP contribution in [0.4, 0.5) is 19.1 Å². The number of anilines is 1. The number of aromatic nitrogens is 6. The summed E-state index contributed by atoms with van der Waals surface area (Å²) in [4.78, 5) is 17.0. The maximum Gasteiger partial charge on any atom is 0.285 e. The highest BCUT2D eigenvalue weighted by Gasteiger charge is 2.45. The summed E-state index contributed by atoms with van der Waals surface area (Å²) in [5.74, 6) is -3.35. The Bertz CT molecular complexity index is 1400. The molecule has 4 aromatic rings. The van der Waals surface area contributed by atoms with Crippen LogP contribution >= 0.6 is 0 Å². The first-order chi connectivity index (χ1) is 16.8. The molecule has 13 heteroatoms. The minimum atomic E-state index is -3.15. The lowest BCUT2D eigenvalue weighted by Crippen LogP contribution is -2.55. The number of piperidine rings is 1. The maximum absolute atomic E-state index is 14.7. The highest BCUT2D eigenvalue weighted by molar-refractivity contribution is 5.89. The molecule has 184 valence electrons. The molecule has 1 amide bonds. The Morgan fingerprint density at radius 2 is 2.14 bits per heavy atom. The van der Waals surface area contributed by atoms with E-state index in [1.807, 2.05) is 12.1 Å². The Hall–Kier alpha value is -3.90. The van der Waals surface area contributed by atoms with Crippen molar-refractivity contribution in [2.45, 2.75) is 31.9 Å². The lowest BCUT2D eigenvalue weighted by Gasteiger charge is -2.38. The van der Waals surface area contributed by atoms with Gasteiger partial charge in [-0.05, 0) is 30.2 Å². The van der Waals surface area contributed by atoms with E-state index in [2.05, 4.69) is 25.7 Å². The van der Waals surface area contributed by atoms with Crippen LogP contribution in [-0.4, -0.2) is 79.2 Å². The molecular formula is C22H23F3N8O2. The number of benzene rings is 1. The Labute approximate surface area is 197 Å². The van der Waals surface area contributed by atoms with Gasteiger partial charge < -0.3 is 15.0 Å². The number of carbonyl (C=O) groups is 1. The summed E-state index contributed by atoms with van der Waals surface area (Å²) < 4.78 is 50.7. The number of ether oxygens (including phenoxy) is 1. The molecule has 5 rings (SSSR count). The third kappa shape index (κ3) is 4.10. The lowest BCUT2D eigenvalue weighted by molar-refractivity contribution is -0.140. The van der Waals surface area contributed by atoms with Gasteiger partial charge in [-0.1, -0.05) is 11.3 Å². The Morgan fingerprint density at radius 1 is 1.31 bits per heavy atom. The van der Waals surface area contributed by atoms with Gasteiger partial charge >= 0.3 is 0 Å². The predicted molar refractivity (Wildman–Crippen MR) is 121 cm³/mol. The molecule has 1 fully saturated rings. The van der Waals surface area contributed by atoms with Crippen molar-refractivity contribution in [3.05, 3.63) is 30.5 Å². The first-order valence-corrected chi connectivity index (χ1v) is 11.0. The van der Waals surface area contributed by atoms with E-state index in [0.29, 0.717) is 16.6 Å². The zero-order valence-electron chi connectivity index (χ0n) is 19.1. The number of hydrogen-bond acceptors (Lipinski definition) is 7. The van der Waals surface area contributed by atoms with E-state index >= 15 is 0 Å². The van der Waals surface area contributed by atoms with Crippen molar-refractivity contribution in [1.82, 2.24) is 34.5 Å². The third-order valence-electron chi connectivity index (χ3n) is 6.14. The molecule has 4 heterocycles. The summed E-state index contributed by atoms with van der Waals surface area (Å²) in [6.45, 7) is 0.351. The van der Waals surface area contributed by atoms with Gasteiger partial charge in [-0.15, -0.1) is 10.2 Å². The van der Waals surface area contributed by atoms with Gasteiger partial charge in [0, 0.05) is 25.2 Å². The first-order valence-electron chi connectivity index (χ1n) is 11.0. The first kappa shape index (κ1) is 22.9. The number of rotatable bonds is 6. The van der Waals surface area contributed by atoms with Crippen molar-refractivity contribution in [2.24, 2.45) is 0 Å². The molecule has 0 radical (unpaired) electrons. The molecule has 10 nitrogen and oxygen atoms in total. The molecule has 0 unspecified atom stereocenters. The second-order valence-electron chi connectivity index (χ2n) is 8.36. The molecule has 3 aromatic heterocycles. The van der Waals surface area contributed by atoms with Crippen molar-refractivity contribution in [3.8, 4) is 17.0 Å². The van der Waals surface area contributed by atoms with Gasteiger partial charge in [-0.2, -0.15) is 4.98 Å². The Kier molecular flexibility index (Phi) is 5.69. The van der Waals surface area contributed by atoms with Crippen LogP contribution in [0.15, 0.2) is 30.5 Å². The minimum absolute atomic E-state index is 0.0156. The quantitative estimate of drug-likeness (QED) is 0.445. The summed E-state index contributed by atoms with van der Waals surface area (Å²) in [6, 6.07) is 6.05. The van der Waals surface area contributed by atoms with Crippen LogP contribution in [0.1, 0.15) is 13.3 Å². The molecule has 0 saturated carbocycles. The van der Waals surface area contributed by atoms with E-state index in [1.54, 1.807) is 18.3 Å². The van der Waals surface area contributed by atoms with E-state index in [1.165, 1.54) is 23.2 Å². The third-order valence-corrected chi connectivity index (χ3v) is 6.14. The van der Waals surface area contributed by atoms with Gasteiger partial charge in [0.25, 0.3) is 5.92 Å². The smallest absolute Gasteiger partial charge is 0.285 e. The molecule has 0 aliphatic carbocycles. The second kappa shape index (κ2) is 8.71. The number of amides is 1. The van der Waals surface area contributed by atoms with Crippen LogP contribution in [0.25, 0.3) is 27.7 Å². The number of alkyl halides is 3. The van der Waals surface area contributed by atoms with Crippen molar-refractivity contribution < 1.29 is 22.7 Å². The lowest BCUT2D eigenvalue weighted by atomic mass is 10.0. The average molecular weight is 488 g/mol. The van der Waals surface area contributed by atoms with Gasteiger partial charge in [0.05, 0.1) is 31.8 Å². The van der Waals surface area contributed by atoms with Gasteiger partial charge in [0.1, 0.15) is 17.7 Å². The number of nitrogens with zero attached hydrogens (tertiary/aromatic N) is 7. The number of fused-ring (bicyclic) bond motifs is 2. The van der Waals surface area contributed by atoms with Crippen molar-refractivity contribution in [2.75, 3.05) is 32.2 Å². The molecule has 1 N–H and O–H groups in total. The van der Waals surface area contributed by atoms with Gasteiger partial charge in [-0.25, -0.2) is 22.4 Å². The number of likely N-dealkylation sites (tertiary alicyclic amines) is 1. The largest absolute Gasteiger partial charge is 0.479 e. The Morgan fingerprint density at radius 3 is 2.86 bits per heavy atom. The maximum atomic E-state index is 14.7. The molecule has 1 aliphatic rings. The second-order valence-corrected chi connectivity index (χ2v) is 8.36. The van der Waals surface area contributed by atoms with E-state index in [-0.39, 0.29) is 37.2 Å². The number of aryl methyl sites for hydroxylation is 1. The monoisotopic (exact) mass is 488 g/mol. The molecule has 35 heavy (non-hydrogen) atoms. The zero-order chi connectivity index (χ0) is 24.7. The normalized spacial score (nSPS) is 17.7. The van der Waals surface area contributed by atoms with Crippen molar-refractivity contribution in [1.29, 1.82) is 0 Å².